The number of H-pyrrole nitrogens is 1. The van der Waals surface area contributed by atoms with E-state index in [1.807, 2.05) is 0 Å². The number of carbonyl (C=O) groups excluding carboxylic acids is 1. The van der Waals surface area contributed by atoms with Gasteiger partial charge in [0.25, 0.3) is 5.91 Å². The highest BCUT2D eigenvalue weighted by Gasteiger charge is 2.10. The summed E-state index contributed by atoms with van der Waals surface area (Å²) in [6.07, 6.45) is 0. The van der Waals surface area contributed by atoms with Crippen LogP contribution in [0.25, 0.3) is 0 Å². The predicted molar refractivity (Wildman–Crippen MR) is 77.7 cm³/mol. The molecule has 1 heterocycles. The molecule has 2 N–H and O–H groups in total. The van der Waals surface area contributed by atoms with Gasteiger partial charge in [-0.1, -0.05) is 13.8 Å². The highest BCUT2D eigenvalue weighted by atomic mass is 16.5. The van der Waals surface area contributed by atoms with E-state index in [0.717, 1.165) is 5.75 Å². The smallest absolute Gasteiger partial charge is 0.336 e. The van der Waals surface area contributed by atoms with Gasteiger partial charge in [-0.2, -0.15) is 4.98 Å². The van der Waals surface area contributed by atoms with Crippen molar-refractivity contribution in [2.45, 2.75) is 13.8 Å². The molecule has 1 aromatic carbocycles. The van der Waals surface area contributed by atoms with Crippen LogP contribution in [-0.4, -0.2) is 34.8 Å². The van der Waals surface area contributed by atoms with Crippen LogP contribution in [-0.2, 0) is 0 Å². The number of nitrogens with one attached hydrogen (secondary N) is 2. The Morgan fingerprint density at radius 1 is 1.33 bits per heavy atom. The monoisotopic (exact) mass is 290 g/mol. The summed E-state index contributed by atoms with van der Waals surface area (Å²) in [6, 6.07) is 7.08. The molecule has 0 aliphatic carbocycles. The normalized spacial score (nSPS) is 10.5. The fraction of sp³-hybridized carbons (Fsp3) is 0.357. The van der Waals surface area contributed by atoms with Crippen molar-refractivity contribution in [2.24, 2.45) is 5.92 Å². The van der Waals surface area contributed by atoms with Crippen LogP contribution >= 0.6 is 0 Å². The van der Waals surface area contributed by atoms with Gasteiger partial charge in [0.15, 0.2) is 0 Å². The molecule has 0 spiro atoms. The lowest BCUT2D eigenvalue weighted by Crippen LogP contribution is -2.13. The molecular formula is C14H18N4O3. The minimum Gasteiger partial charge on any atom is -0.493 e. The third kappa shape index (κ3) is 4.20. The van der Waals surface area contributed by atoms with Crippen LogP contribution in [0, 0.1) is 5.92 Å². The number of nitrogens with zero attached hydrogens (tertiary/aromatic N) is 2. The molecule has 2 aromatic rings. The first kappa shape index (κ1) is 14.8. The zero-order chi connectivity index (χ0) is 15.2. The Hall–Kier alpha value is -2.57. The number of hydrogen-bond acceptors (Lipinski definition) is 5. The lowest BCUT2D eigenvalue weighted by molar-refractivity contribution is 0.102. The molecule has 0 saturated heterocycles. The zero-order valence-electron chi connectivity index (χ0n) is 12.2. The number of rotatable bonds is 6. The number of aromatic amines is 1. The third-order valence-corrected chi connectivity index (χ3v) is 2.58. The van der Waals surface area contributed by atoms with Crippen molar-refractivity contribution in [1.82, 2.24) is 15.2 Å². The molecule has 0 unspecified atom stereocenters. The summed E-state index contributed by atoms with van der Waals surface area (Å²) in [5.74, 6) is 1.14. The molecule has 1 aromatic heterocycles. The van der Waals surface area contributed by atoms with Gasteiger partial charge in [-0.15, -0.1) is 5.10 Å². The Morgan fingerprint density at radius 3 is 2.62 bits per heavy atom. The van der Waals surface area contributed by atoms with Crippen molar-refractivity contribution >= 4 is 11.9 Å². The van der Waals surface area contributed by atoms with Gasteiger partial charge in [-0.25, -0.2) is 5.10 Å². The Balaban J connectivity index is 1.96. The second-order valence-corrected chi connectivity index (χ2v) is 4.85. The van der Waals surface area contributed by atoms with E-state index in [2.05, 4.69) is 34.3 Å². The van der Waals surface area contributed by atoms with E-state index in [9.17, 15) is 4.79 Å². The first-order valence-corrected chi connectivity index (χ1v) is 6.59. The molecule has 2 rings (SSSR count). The van der Waals surface area contributed by atoms with Crippen LogP contribution in [0.2, 0.25) is 0 Å². The van der Waals surface area contributed by atoms with E-state index < -0.39 is 0 Å². The molecule has 7 heteroatoms. The second-order valence-electron chi connectivity index (χ2n) is 4.85. The van der Waals surface area contributed by atoms with E-state index >= 15 is 0 Å². The summed E-state index contributed by atoms with van der Waals surface area (Å²) in [7, 11) is 1.45. The van der Waals surface area contributed by atoms with Crippen molar-refractivity contribution in [1.29, 1.82) is 0 Å². The van der Waals surface area contributed by atoms with E-state index in [0.29, 0.717) is 18.1 Å². The van der Waals surface area contributed by atoms with E-state index in [1.54, 1.807) is 24.3 Å². The maximum atomic E-state index is 12.0. The largest absolute Gasteiger partial charge is 0.493 e. The number of aromatic nitrogens is 3. The molecule has 112 valence electrons. The topological polar surface area (TPSA) is 89.1 Å². The van der Waals surface area contributed by atoms with Gasteiger partial charge < -0.3 is 9.47 Å². The second kappa shape index (κ2) is 6.74. The molecule has 0 fully saturated rings. The standard InChI is InChI=1S/C14H18N4O3/c1-9(2)8-21-11-6-4-10(5-7-11)12(19)15-13-16-14(20-3)18-17-13/h4-7,9H,8H2,1-3H3,(H2,15,16,17,18,19). The van der Waals surface area contributed by atoms with Gasteiger partial charge >= 0.3 is 6.01 Å². The number of benzene rings is 1. The van der Waals surface area contributed by atoms with Crippen molar-refractivity contribution in [3.05, 3.63) is 29.8 Å². The zero-order valence-corrected chi connectivity index (χ0v) is 12.2. The number of ether oxygens (including phenoxy) is 2. The predicted octanol–water partition coefficient (Wildman–Crippen LogP) is 2.10. The van der Waals surface area contributed by atoms with Crippen LogP contribution in [0.4, 0.5) is 5.95 Å². The molecule has 21 heavy (non-hydrogen) atoms. The number of methoxy groups -OCH3 is 1. The van der Waals surface area contributed by atoms with Gasteiger partial charge in [0.1, 0.15) is 5.75 Å². The van der Waals surface area contributed by atoms with E-state index in [-0.39, 0.29) is 17.9 Å². The molecule has 0 atom stereocenters. The molecule has 0 aliphatic rings. The fourth-order valence-corrected chi connectivity index (χ4v) is 1.54. The minimum absolute atomic E-state index is 0.169. The SMILES string of the molecule is COc1n[nH]c(NC(=O)c2ccc(OCC(C)C)cc2)n1. The molecular weight excluding hydrogens is 272 g/mol. The molecule has 0 saturated carbocycles. The highest BCUT2D eigenvalue weighted by Crippen LogP contribution is 2.14. The lowest BCUT2D eigenvalue weighted by atomic mass is 10.2. The van der Waals surface area contributed by atoms with Gasteiger partial charge in [-0.3, -0.25) is 10.1 Å². The molecule has 0 bridgehead atoms. The first-order valence-electron chi connectivity index (χ1n) is 6.59. The van der Waals surface area contributed by atoms with E-state index in [4.69, 9.17) is 9.47 Å². The summed E-state index contributed by atoms with van der Waals surface area (Å²) in [5.41, 5.74) is 0.502. The lowest BCUT2D eigenvalue weighted by Gasteiger charge is -2.09. The van der Waals surface area contributed by atoms with Crippen molar-refractivity contribution in [2.75, 3.05) is 19.0 Å². The van der Waals surface area contributed by atoms with E-state index in [1.165, 1.54) is 7.11 Å². The van der Waals surface area contributed by atoms with Gasteiger partial charge in [-0.05, 0) is 30.2 Å². The highest BCUT2D eigenvalue weighted by molar-refractivity contribution is 6.03. The average molecular weight is 290 g/mol. The number of hydrogen-bond donors (Lipinski definition) is 2. The number of anilines is 1. The average Bonchev–Trinajstić information content (AvgIpc) is 2.93. The minimum atomic E-state index is -0.288. The Labute approximate surface area is 122 Å². The maximum Gasteiger partial charge on any atom is 0.336 e. The number of carbonyl (C=O) groups is 1. The summed E-state index contributed by atoms with van der Waals surface area (Å²) in [6.45, 7) is 4.80. The Kier molecular flexibility index (Phi) is 4.76. The van der Waals surface area contributed by atoms with Gasteiger partial charge in [0.2, 0.25) is 5.95 Å². The van der Waals surface area contributed by atoms with Crippen LogP contribution < -0.4 is 14.8 Å². The van der Waals surface area contributed by atoms with Crippen LogP contribution in [0.3, 0.4) is 0 Å². The summed E-state index contributed by atoms with van der Waals surface area (Å²) in [4.78, 5) is 15.9. The maximum absolute atomic E-state index is 12.0. The Morgan fingerprint density at radius 2 is 2.05 bits per heavy atom. The first-order chi connectivity index (χ1) is 10.1. The summed E-state index contributed by atoms with van der Waals surface area (Å²) >= 11 is 0. The number of amides is 1. The summed E-state index contributed by atoms with van der Waals surface area (Å²) in [5, 5.41) is 8.90. The van der Waals surface area contributed by atoms with Crippen LogP contribution in [0.5, 0.6) is 11.8 Å². The van der Waals surface area contributed by atoms with Gasteiger partial charge in [0.05, 0.1) is 13.7 Å². The van der Waals surface area contributed by atoms with Gasteiger partial charge in [0, 0.05) is 5.56 Å². The van der Waals surface area contributed by atoms with Crippen molar-refractivity contribution in [3.63, 3.8) is 0 Å². The Bertz CT molecular complexity index is 593. The quantitative estimate of drug-likeness (QED) is 0.850. The van der Waals surface area contributed by atoms with Crippen molar-refractivity contribution in [3.8, 4) is 11.8 Å². The van der Waals surface area contributed by atoms with Crippen LogP contribution in [0.15, 0.2) is 24.3 Å². The molecule has 1 amide bonds. The van der Waals surface area contributed by atoms with Crippen LogP contribution in [0.1, 0.15) is 24.2 Å². The summed E-state index contributed by atoms with van der Waals surface area (Å²) < 4.78 is 10.4. The third-order valence-electron chi connectivity index (χ3n) is 2.58. The fourth-order valence-electron chi connectivity index (χ4n) is 1.54. The molecule has 7 nitrogen and oxygen atoms in total. The van der Waals surface area contributed by atoms with Crippen molar-refractivity contribution < 1.29 is 14.3 Å². The molecule has 0 aliphatic heterocycles. The molecule has 0 radical (unpaired) electrons.